The highest BCUT2D eigenvalue weighted by molar-refractivity contribution is 6.02. The maximum Gasteiger partial charge on any atom is 0.181 e. The molecule has 4 rings (SSSR count). The van der Waals surface area contributed by atoms with Crippen molar-refractivity contribution in [2.24, 2.45) is 0 Å². The molecule has 0 bridgehead atoms. The molecule has 0 N–H and O–H groups in total. The summed E-state index contributed by atoms with van der Waals surface area (Å²) in [5.74, 6) is 0.211. The van der Waals surface area contributed by atoms with E-state index in [4.69, 9.17) is 0 Å². The fourth-order valence-corrected chi connectivity index (χ4v) is 3.95. The van der Waals surface area contributed by atoms with Crippen LogP contribution in [0.2, 0.25) is 0 Å². The van der Waals surface area contributed by atoms with Gasteiger partial charge in [0, 0.05) is 11.1 Å². The second-order valence-electron chi connectivity index (χ2n) is 8.19. The Bertz CT molecular complexity index is 924. The minimum atomic E-state index is -0.0880. The van der Waals surface area contributed by atoms with Gasteiger partial charge in [-0.05, 0) is 37.5 Å². The molecular weight excluding hydrogens is 330 g/mol. The topological polar surface area (TPSA) is 20.1 Å². The van der Waals surface area contributed by atoms with Gasteiger partial charge in [-0.25, -0.2) is 0 Å². The zero-order valence-corrected chi connectivity index (χ0v) is 16.1. The molecule has 1 aliphatic heterocycles. The van der Waals surface area contributed by atoms with Gasteiger partial charge >= 0.3 is 0 Å². The Balaban J connectivity index is 1.62. The molecule has 3 aromatic rings. The van der Waals surface area contributed by atoms with Crippen LogP contribution in [0.3, 0.4) is 0 Å². The van der Waals surface area contributed by atoms with E-state index in [1.54, 1.807) is 0 Å². The van der Waals surface area contributed by atoms with Crippen molar-refractivity contribution in [1.29, 1.82) is 0 Å². The number of carbonyl (C=O) groups excluding carboxylic acids is 1. The molecule has 3 atom stereocenters. The summed E-state index contributed by atoms with van der Waals surface area (Å²) in [5.41, 5.74) is 4.36. The van der Waals surface area contributed by atoms with Gasteiger partial charge in [-0.2, -0.15) is 0 Å². The summed E-state index contributed by atoms with van der Waals surface area (Å²) in [5, 5.41) is 0. The molecule has 0 spiro atoms. The zero-order chi connectivity index (χ0) is 19.0. The van der Waals surface area contributed by atoms with Gasteiger partial charge in [-0.3, -0.25) is 9.69 Å². The summed E-state index contributed by atoms with van der Waals surface area (Å²) in [6.07, 6.45) is 0. The van der Waals surface area contributed by atoms with E-state index in [1.165, 1.54) is 16.7 Å². The summed E-state index contributed by atoms with van der Waals surface area (Å²) < 4.78 is 0. The van der Waals surface area contributed by atoms with Crippen LogP contribution in [-0.4, -0.2) is 22.3 Å². The summed E-state index contributed by atoms with van der Waals surface area (Å²) in [7, 11) is 0. The van der Waals surface area contributed by atoms with Gasteiger partial charge in [0.2, 0.25) is 0 Å². The number of benzene rings is 3. The van der Waals surface area contributed by atoms with Crippen LogP contribution in [0, 0.1) is 0 Å². The highest BCUT2D eigenvalue weighted by Crippen LogP contribution is 2.50. The first-order valence-corrected chi connectivity index (χ1v) is 9.50. The van der Waals surface area contributed by atoms with Crippen molar-refractivity contribution in [3.05, 3.63) is 96.1 Å². The van der Waals surface area contributed by atoms with Crippen molar-refractivity contribution in [2.75, 3.05) is 0 Å². The van der Waals surface area contributed by atoms with E-state index in [0.717, 1.165) is 5.56 Å². The van der Waals surface area contributed by atoms with Crippen molar-refractivity contribution in [1.82, 2.24) is 4.90 Å². The van der Waals surface area contributed by atoms with Gasteiger partial charge < -0.3 is 0 Å². The van der Waals surface area contributed by atoms with Crippen molar-refractivity contribution >= 4 is 5.78 Å². The van der Waals surface area contributed by atoms with Crippen LogP contribution in [0.25, 0.3) is 11.1 Å². The third kappa shape index (κ3) is 3.45. The molecule has 1 fully saturated rings. The molecular formula is C25H25NO. The Morgan fingerprint density at radius 1 is 0.741 bits per heavy atom. The largest absolute Gasteiger partial charge is 0.292 e. The van der Waals surface area contributed by atoms with Gasteiger partial charge in [0.15, 0.2) is 5.78 Å². The molecule has 136 valence electrons. The van der Waals surface area contributed by atoms with Gasteiger partial charge in [0.05, 0.1) is 12.1 Å². The van der Waals surface area contributed by atoms with Gasteiger partial charge in [0.25, 0.3) is 0 Å². The lowest BCUT2D eigenvalue weighted by molar-refractivity contribution is 0.0957. The minimum Gasteiger partial charge on any atom is -0.292 e. The maximum atomic E-state index is 13.1. The van der Waals surface area contributed by atoms with Crippen LogP contribution in [0.15, 0.2) is 84.9 Å². The molecule has 1 unspecified atom stereocenters. The number of nitrogens with zero attached hydrogens (tertiary/aromatic N) is 1. The molecule has 0 amide bonds. The summed E-state index contributed by atoms with van der Waals surface area (Å²) in [6, 6.07) is 28.7. The monoisotopic (exact) mass is 355 g/mol. The van der Waals surface area contributed by atoms with Crippen LogP contribution in [0.5, 0.6) is 0 Å². The lowest BCUT2D eigenvalue weighted by Gasteiger charge is -2.22. The smallest absolute Gasteiger partial charge is 0.181 e. The molecule has 1 saturated heterocycles. The van der Waals surface area contributed by atoms with E-state index in [0.29, 0.717) is 0 Å². The molecule has 0 radical (unpaired) electrons. The van der Waals surface area contributed by atoms with E-state index in [9.17, 15) is 4.79 Å². The van der Waals surface area contributed by atoms with Crippen molar-refractivity contribution in [3.8, 4) is 11.1 Å². The second-order valence-corrected chi connectivity index (χ2v) is 8.19. The maximum absolute atomic E-state index is 13.1. The molecule has 0 aliphatic carbocycles. The summed E-state index contributed by atoms with van der Waals surface area (Å²) in [6.45, 7) is 6.53. The molecule has 3 aromatic carbocycles. The second kappa shape index (κ2) is 6.79. The molecule has 0 aromatic heterocycles. The summed E-state index contributed by atoms with van der Waals surface area (Å²) >= 11 is 0. The van der Waals surface area contributed by atoms with Crippen LogP contribution >= 0.6 is 0 Å². The van der Waals surface area contributed by atoms with E-state index in [1.807, 2.05) is 36.4 Å². The molecule has 0 saturated carbocycles. The number of Topliss-reactive ketones (excluding diaryl/α,β-unsaturated/α-hetero) is 1. The first kappa shape index (κ1) is 17.7. The Labute approximate surface area is 161 Å². The molecule has 1 aliphatic rings. The van der Waals surface area contributed by atoms with E-state index in [-0.39, 0.29) is 23.4 Å². The van der Waals surface area contributed by atoms with Gasteiger partial charge in [-0.15, -0.1) is 0 Å². The lowest BCUT2D eigenvalue weighted by atomic mass is 10.00. The lowest BCUT2D eigenvalue weighted by Crippen LogP contribution is -2.30. The standard InChI is InChI=1S/C25H25NO/c1-25(2,3)26-22(23(26)24(27)21-12-8-5-9-13-21)20-16-14-19(15-17-20)18-10-6-4-7-11-18/h4-17,22-23H,1-3H3/t22-,23+,26?/m1/s1. The predicted molar refractivity (Wildman–Crippen MR) is 111 cm³/mol. The van der Waals surface area contributed by atoms with Gasteiger partial charge in [-0.1, -0.05) is 84.9 Å². The average molecular weight is 355 g/mol. The van der Waals surface area contributed by atoms with E-state index >= 15 is 0 Å². The fourth-order valence-electron chi connectivity index (χ4n) is 3.95. The average Bonchev–Trinajstić information content (AvgIpc) is 3.45. The summed E-state index contributed by atoms with van der Waals surface area (Å²) in [4.78, 5) is 15.4. The highest BCUT2D eigenvalue weighted by atomic mass is 16.1. The molecule has 1 heterocycles. The quantitative estimate of drug-likeness (QED) is 0.438. The van der Waals surface area contributed by atoms with Crippen LogP contribution in [-0.2, 0) is 0 Å². The number of ketones is 1. The molecule has 2 nitrogen and oxygen atoms in total. The zero-order valence-electron chi connectivity index (χ0n) is 16.1. The minimum absolute atomic E-state index is 0.0577. The Morgan fingerprint density at radius 3 is 1.81 bits per heavy atom. The van der Waals surface area contributed by atoms with E-state index in [2.05, 4.69) is 74.2 Å². The van der Waals surface area contributed by atoms with Crippen molar-refractivity contribution < 1.29 is 4.79 Å². The Kier molecular flexibility index (Phi) is 4.45. The first-order valence-electron chi connectivity index (χ1n) is 9.50. The molecule has 27 heavy (non-hydrogen) atoms. The highest BCUT2D eigenvalue weighted by Gasteiger charge is 2.57. The number of rotatable bonds is 4. The van der Waals surface area contributed by atoms with Gasteiger partial charge in [0.1, 0.15) is 0 Å². The van der Waals surface area contributed by atoms with E-state index < -0.39 is 0 Å². The SMILES string of the molecule is CC(C)(C)N1[C@H](C(=O)c2ccccc2)[C@H]1c1ccc(-c2ccccc2)cc1. The number of carbonyl (C=O) groups is 1. The Morgan fingerprint density at radius 2 is 1.26 bits per heavy atom. The predicted octanol–water partition coefficient (Wildman–Crippen LogP) is 5.76. The normalized spacial score (nSPS) is 21.7. The third-order valence-electron chi connectivity index (χ3n) is 5.27. The van der Waals surface area contributed by atoms with Crippen LogP contribution in [0.1, 0.15) is 42.7 Å². The van der Waals surface area contributed by atoms with Crippen molar-refractivity contribution in [2.45, 2.75) is 38.4 Å². The Hall–Kier alpha value is -2.71. The van der Waals surface area contributed by atoms with Crippen molar-refractivity contribution in [3.63, 3.8) is 0 Å². The van der Waals surface area contributed by atoms with Crippen LogP contribution in [0.4, 0.5) is 0 Å². The fraction of sp³-hybridized carbons (Fsp3) is 0.240. The third-order valence-corrected chi connectivity index (χ3v) is 5.27. The first-order chi connectivity index (χ1) is 13.0. The number of hydrogen-bond donors (Lipinski definition) is 0. The molecule has 2 heteroatoms. The number of hydrogen-bond acceptors (Lipinski definition) is 2. The van der Waals surface area contributed by atoms with Crippen LogP contribution < -0.4 is 0 Å².